The Balaban J connectivity index is 1.68. The largest absolute Gasteiger partial charge is 0.379 e. The number of halogens is 1. The van der Waals surface area contributed by atoms with E-state index in [1.807, 2.05) is 12.1 Å². The summed E-state index contributed by atoms with van der Waals surface area (Å²) in [5.74, 6) is -0.0285. The van der Waals surface area contributed by atoms with Gasteiger partial charge >= 0.3 is 0 Å². The number of hydrogen-bond acceptors (Lipinski definition) is 4. The van der Waals surface area contributed by atoms with Crippen molar-refractivity contribution < 1.29 is 14.3 Å². The highest BCUT2D eigenvalue weighted by Gasteiger charge is 2.14. The minimum absolute atomic E-state index is 0.0280. The van der Waals surface area contributed by atoms with Crippen LogP contribution in [-0.2, 0) is 20.7 Å². The number of nitrogens with zero attached hydrogens (tertiary/aromatic N) is 2. The van der Waals surface area contributed by atoms with E-state index >= 15 is 0 Å². The second-order valence-corrected chi connectivity index (χ2v) is 6.55. The molecule has 0 unspecified atom stereocenters. The van der Waals surface area contributed by atoms with Gasteiger partial charge in [-0.1, -0.05) is 23.7 Å². The third-order valence-corrected chi connectivity index (χ3v) is 4.47. The first kappa shape index (κ1) is 19.7. The average molecular weight is 368 g/mol. The summed E-state index contributed by atoms with van der Waals surface area (Å²) >= 11 is 5.83. The van der Waals surface area contributed by atoms with Crippen LogP contribution < -0.4 is 5.32 Å². The molecule has 2 amide bonds. The van der Waals surface area contributed by atoms with Crippen LogP contribution in [0, 0.1) is 0 Å². The van der Waals surface area contributed by atoms with Gasteiger partial charge in [0.15, 0.2) is 0 Å². The molecule has 1 N–H and O–H groups in total. The lowest BCUT2D eigenvalue weighted by molar-refractivity contribution is -0.129. The number of amides is 2. The molecule has 1 saturated heterocycles. The van der Waals surface area contributed by atoms with Gasteiger partial charge in [0.05, 0.1) is 19.6 Å². The molecule has 138 valence electrons. The number of nitrogens with one attached hydrogen (secondary N) is 1. The van der Waals surface area contributed by atoms with E-state index in [2.05, 4.69) is 10.2 Å². The smallest absolute Gasteiger partial charge is 0.224 e. The maximum absolute atomic E-state index is 12.0. The molecule has 1 fully saturated rings. The summed E-state index contributed by atoms with van der Waals surface area (Å²) in [6.07, 6.45) is 0.311. The van der Waals surface area contributed by atoms with Gasteiger partial charge in [-0.3, -0.25) is 14.5 Å². The van der Waals surface area contributed by atoms with Crippen LogP contribution in [0.2, 0.25) is 5.02 Å². The number of ether oxygens (including phenoxy) is 1. The normalized spacial score (nSPS) is 15.0. The number of hydrogen-bond donors (Lipinski definition) is 1. The fraction of sp³-hybridized carbons (Fsp3) is 0.556. The third-order valence-electron chi connectivity index (χ3n) is 4.22. The number of morpholine rings is 1. The van der Waals surface area contributed by atoms with Gasteiger partial charge in [-0.2, -0.15) is 0 Å². The van der Waals surface area contributed by atoms with Crippen molar-refractivity contribution >= 4 is 23.4 Å². The van der Waals surface area contributed by atoms with Gasteiger partial charge in [0.25, 0.3) is 0 Å². The van der Waals surface area contributed by atoms with Gasteiger partial charge in [-0.05, 0) is 17.7 Å². The topological polar surface area (TPSA) is 61.9 Å². The lowest BCUT2D eigenvalue weighted by atomic mass is 10.1. The lowest BCUT2D eigenvalue weighted by Crippen LogP contribution is -2.44. The minimum atomic E-state index is -0.0565. The molecule has 1 heterocycles. The van der Waals surface area contributed by atoms with Crippen molar-refractivity contribution in [3.8, 4) is 0 Å². The molecule has 0 radical (unpaired) electrons. The summed E-state index contributed by atoms with van der Waals surface area (Å²) in [5.41, 5.74) is 0.914. The van der Waals surface area contributed by atoms with Crippen molar-refractivity contribution in [3.05, 3.63) is 34.9 Å². The van der Waals surface area contributed by atoms with Crippen LogP contribution in [0.25, 0.3) is 0 Å². The van der Waals surface area contributed by atoms with E-state index in [0.29, 0.717) is 31.1 Å². The summed E-state index contributed by atoms with van der Waals surface area (Å²) in [6, 6.07) is 7.22. The van der Waals surface area contributed by atoms with Crippen molar-refractivity contribution in [2.75, 3.05) is 52.5 Å². The molecule has 1 aliphatic rings. The van der Waals surface area contributed by atoms with E-state index < -0.39 is 0 Å². The van der Waals surface area contributed by atoms with Gasteiger partial charge in [0.1, 0.15) is 0 Å². The summed E-state index contributed by atoms with van der Waals surface area (Å²) in [6.45, 7) is 7.36. The number of rotatable bonds is 8. The predicted molar refractivity (Wildman–Crippen MR) is 97.7 cm³/mol. The molecular formula is C18H26ClN3O3. The molecule has 7 heteroatoms. The van der Waals surface area contributed by atoms with Crippen molar-refractivity contribution in [1.29, 1.82) is 0 Å². The van der Waals surface area contributed by atoms with E-state index in [-0.39, 0.29) is 11.8 Å². The Labute approximate surface area is 154 Å². The van der Waals surface area contributed by atoms with Crippen LogP contribution in [0.5, 0.6) is 0 Å². The van der Waals surface area contributed by atoms with Crippen molar-refractivity contribution in [1.82, 2.24) is 15.1 Å². The quantitative estimate of drug-likeness (QED) is 0.749. The van der Waals surface area contributed by atoms with Gasteiger partial charge < -0.3 is 15.0 Å². The lowest BCUT2D eigenvalue weighted by Gasteiger charge is -2.29. The summed E-state index contributed by atoms with van der Waals surface area (Å²) in [7, 11) is 0. The summed E-state index contributed by atoms with van der Waals surface area (Å²) < 4.78 is 5.32. The van der Waals surface area contributed by atoms with E-state index in [4.69, 9.17) is 16.3 Å². The van der Waals surface area contributed by atoms with Crippen LogP contribution in [0.3, 0.4) is 0 Å². The fourth-order valence-electron chi connectivity index (χ4n) is 2.69. The zero-order chi connectivity index (χ0) is 18.1. The van der Waals surface area contributed by atoms with E-state index in [9.17, 15) is 9.59 Å². The Bertz CT molecular complexity index is 559. The Hall–Kier alpha value is -1.63. The highest BCUT2D eigenvalue weighted by atomic mass is 35.5. The molecule has 25 heavy (non-hydrogen) atoms. The molecule has 0 spiro atoms. The van der Waals surface area contributed by atoms with E-state index in [1.165, 1.54) is 0 Å². The maximum atomic E-state index is 12.0. The zero-order valence-electron chi connectivity index (χ0n) is 14.7. The van der Waals surface area contributed by atoms with E-state index in [1.54, 1.807) is 24.0 Å². The first-order chi connectivity index (χ1) is 12.0. The molecule has 0 saturated carbocycles. The summed E-state index contributed by atoms with van der Waals surface area (Å²) in [4.78, 5) is 27.8. The molecule has 0 bridgehead atoms. The standard InChI is InChI=1S/C18H26ClN3O3/c1-15(23)22(9-8-21-10-12-25-13-11-21)7-6-20-18(24)14-16-2-4-17(19)5-3-16/h2-5H,6-14H2,1H3,(H,20,24). The monoisotopic (exact) mass is 367 g/mol. The minimum Gasteiger partial charge on any atom is -0.379 e. The molecule has 1 aliphatic heterocycles. The first-order valence-corrected chi connectivity index (χ1v) is 8.99. The van der Waals surface area contributed by atoms with Crippen LogP contribution in [-0.4, -0.2) is 74.1 Å². The molecule has 2 rings (SSSR count). The van der Waals surface area contributed by atoms with Crippen molar-refractivity contribution in [2.45, 2.75) is 13.3 Å². The zero-order valence-corrected chi connectivity index (χ0v) is 15.4. The second kappa shape index (κ2) is 10.4. The van der Waals surface area contributed by atoms with Crippen molar-refractivity contribution in [3.63, 3.8) is 0 Å². The number of carbonyl (C=O) groups excluding carboxylic acids is 2. The third kappa shape index (κ3) is 7.42. The van der Waals surface area contributed by atoms with Crippen LogP contribution in [0.4, 0.5) is 0 Å². The van der Waals surface area contributed by atoms with Gasteiger partial charge in [0, 0.05) is 51.2 Å². The number of carbonyl (C=O) groups is 2. The molecule has 0 aromatic heterocycles. The van der Waals surface area contributed by atoms with Gasteiger partial charge in [0.2, 0.25) is 11.8 Å². The molecule has 0 aliphatic carbocycles. The van der Waals surface area contributed by atoms with Crippen molar-refractivity contribution in [2.24, 2.45) is 0 Å². The molecule has 1 aromatic carbocycles. The fourth-order valence-corrected chi connectivity index (χ4v) is 2.82. The maximum Gasteiger partial charge on any atom is 0.224 e. The second-order valence-electron chi connectivity index (χ2n) is 6.11. The highest BCUT2D eigenvalue weighted by molar-refractivity contribution is 6.30. The first-order valence-electron chi connectivity index (χ1n) is 8.61. The Morgan fingerprint density at radius 2 is 1.88 bits per heavy atom. The van der Waals surface area contributed by atoms with Gasteiger partial charge in [-0.15, -0.1) is 0 Å². The Kier molecular flexibility index (Phi) is 8.18. The molecule has 0 atom stereocenters. The predicted octanol–water partition coefficient (Wildman–Crippen LogP) is 1.18. The van der Waals surface area contributed by atoms with Crippen LogP contribution in [0.1, 0.15) is 12.5 Å². The van der Waals surface area contributed by atoms with Crippen LogP contribution in [0.15, 0.2) is 24.3 Å². The van der Waals surface area contributed by atoms with Crippen LogP contribution >= 0.6 is 11.6 Å². The van der Waals surface area contributed by atoms with Gasteiger partial charge in [-0.25, -0.2) is 0 Å². The SMILES string of the molecule is CC(=O)N(CCNC(=O)Cc1ccc(Cl)cc1)CCN1CCOCC1. The molecular weight excluding hydrogens is 342 g/mol. The molecule has 6 nitrogen and oxygen atoms in total. The Morgan fingerprint density at radius 1 is 1.20 bits per heavy atom. The van der Waals surface area contributed by atoms with E-state index in [0.717, 1.165) is 38.4 Å². The number of benzene rings is 1. The Morgan fingerprint density at radius 3 is 2.52 bits per heavy atom. The summed E-state index contributed by atoms with van der Waals surface area (Å²) in [5, 5.41) is 3.52. The highest BCUT2D eigenvalue weighted by Crippen LogP contribution is 2.09. The average Bonchev–Trinajstić information content (AvgIpc) is 2.60. The molecule has 1 aromatic rings.